The Labute approximate surface area is 120 Å². The van der Waals surface area contributed by atoms with Gasteiger partial charge in [0.15, 0.2) is 0 Å². The van der Waals surface area contributed by atoms with Gasteiger partial charge >= 0.3 is 35.8 Å². The van der Waals surface area contributed by atoms with Crippen LogP contribution in [0.25, 0.3) is 0 Å². The molecule has 0 heterocycles. The Morgan fingerprint density at radius 1 is 0.826 bits per heavy atom. The molecule has 0 aliphatic rings. The predicted molar refractivity (Wildman–Crippen MR) is 51.6 cm³/mol. The van der Waals surface area contributed by atoms with E-state index in [0.717, 1.165) is 6.92 Å². The van der Waals surface area contributed by atoms with E-state index in [1.54, 1.807) is 0 Å². The van der Waals surface area contributed by atoms with Crippen molar-refractivity contribution in [3.63, 3.8) is 0 Å². The molecule has 0 aromatic rings. The number of carbonyl (C=O) groups excluding carboxylic acids is 1. The Balaban J connectivity index is 6.04. The number of hydrogen-bond donors (Lipinski definition) is 0. The van der Waals surface area contributed by atoms with Gasteiger partial charge in [-0.15, -0.1) is 0 Å². The van der Waals surface area contributed by atoms with Gasteiger partial charge in [0.05, 0.1) is 6.61 Å². The van der Waals surface area contributed by atoms with E-state index >= 15 is 0 Å². The minimum Gasteiger partial charge on any atom is -0.462 e. The van der Waals surface area contributed by atoms with Crippen LogP contribution in [-0.2, 0) is 9.53 Å². The minimum atomic E-state index is -7.59. The number of ether oxygens (including phenoxy) is 1. The van der Waals surface area contributed by atoms with Crippen molar-refractivity contribution < 1.29 is 57.8 Å². The second-order valence-electron chi connectivity index (χ2n) is 3.99. The Morgan fingerprint density at radius 3 is 1.52 bits per heavy atom. The molecule has 0 aromatic heterocycles. The van der Waals surface area contributed by atoms with E-state index in [-0.39, 0.29) is 0 Å². The summed E-state index contributed by atoms with van der Waals surface area (Å²) in [7, 11) is 0. The highest BCUT2D eigenvalue weighted by molar-refractivity contribution is 5.89. The lowest BCUT2D eigenvalue weighted by Crippen LogP contribution is -2.67. The van der Waals surface area contributed by atoms with Gasteiger partial charge in [-0.05, 0) is 6.92 Å². The summed E-state index contributed by atoms with van der Waals surface area (Å²) in [5, 5.41) is 0. The maximum atomic E-state index is 13.3. The van der Waals surface area contributed by atoms with Crippen LogP contribution in [0.4, 0.5) is 48.3 Å². The van der Waals surface area contributed by atoms with Crippen molar-refractivity contribution in [1.82, 2.24) is 0 Å². The molecule has 0 unspecified atom stereocenters. The third kappa shape index (κ3) is 3.09. The standard InChI is InChI=1S/C10H7F11O2/c1-3-23-5(22)4(2)6(11,12)7(13,14)8(15,16)9(17,18)10(19,20)21/h2-3H2,1H3. The molecule has 0 bridgehead atoms. The summed E-state index contributed by atoms with van der Waals surface area (Å²) in [6, 6.07) is 0. The van der Waals surface area contributed by atoms with E-state index in [2.05, 4.69) is 4.74 Å². The average Bonchev–Trinajstić information content (AvgIpc) is 2.35. The molecule has 0 fully saturated rings. The van der Waals surface area contributed by atoms with Gasteiger partial charge in [0, 0.05) is 0 Å². The molecule has 0 aliphatic heterocycles. The average molecular weight is 368 g/mol. The van der Waals surface area contributed by atoms with Gasteiger partial charge in [0.1, 0.15) is 5.57 Å². The molecular formula is C10H7F11O2. The second-order valence-corrected chi connectivity index (χ2v) is 3.99. The van der Waals surface area contributed by atoms with Crippen LogP contribution in [0, 0.1) is 0 Å². The quantitative estimate of drug-likeness (QED) is 0.399. The number of hydrogen-bond acceptors (Lipinski definition) is 2. The maximum Gasteiger partial charge on any atom is 0.460 e. The monoisotopic (exact) mass is 368 g/mol. The van der Waals surface area contributed by atoms with Gasteiger partial charge in [-0.25, -0.2) is 4.79 Å². The van der Waals surface area contributed by atoms with Crippen molar-refractivity contribution in [3.05, 3.63) is 12.2 Å². The third-order valence-electron chi connectivity index (χ3n) is 2.44. The Morgan fingerprint density at radius 2 is 1.22 bits per heavy atom. The van der Waals surface area contributed by atoms with Gasteiger partial charge in [-0.1, -0.05) is 6.58 Å². The molecule has 2 nitrogen and oxygen atoms in total. The van der Waals surface area contributed by atoms with Gasteiger partial charge in [-0.3, -0.25) is 0 Å². The molecule has 0 spiro atoms. The lowest BCUT2D eigenvalue weighted by molar-refractivity contribution is -0.417. The summed E-state index contributed by atoms with van der Waals surface area (Å²) in [6.07, 6.45) is -7.26. The summed E-state index contributed by atoms with van der Waals surface area (Å²) < 4.78 is 143. The van der Waals surface area contributed by atoms with Gasteiger partial charge < -0.3 is 4.74 Å². The number of rotatable bonds is 6. The van der Waals surface area contributed by atoms with E-state index in [0.29, 0.717) is 0 Å². The first kappa shape index (κ1) is 21.4. The zero-order valence-corrected chi connectivity index (χ0v) is 10.9. The number of alkyl halides is 11. The van der Waals surface area contributed by atoms with Crippen LogP contribution in [0.2, 0.25) is 0 Å². The first-order valence-electron chi connectivity index (χ1n) is 5.34. The van der Waals surface area contributed by atoms with Crippen LogP contribution >= 0.6 is 0 Å². The molecule has 0 N–H and O–H groups in total. The van der Waals surface area contributed by atoms with Gasteiger partial charge in [-0.2, -0.15) is 48.3 Å². The fourth-order valence-corrected chi connectivity index (χ4v) is 1.11. The van der Waals surface area contributed by atoms with E-state index in [1.807, 2.05) is 6.58 Å². The van der Waals surface area contributed by atoms with Crippen LogP contribution < -0.4 is 0 Å². The SMILES string of the molecule is C=C(C(=O)OCC)C(F)(F)C(F)(F)C(F)(F)C(F)(F)C(F)(F)F. The van der Waals surface area contributed by atoms with E-state index < -0.39 is 48.0 Å². The zero-order valence-electron chi connectivity index (χ0n) is 10.9. The number of carbonyl (C=O) groups is 1. The lowest BCUT2D eigenvalue weighted by Gasteiger charge is -2.37. The van der Waals surface area contributed by atoms with E-state index in [1.165, 1.54) is 0 Å². The zero-order chi connectivity index (χ0) is 19.1. The largest absolute Gasteiger partial charge is 0.462 e. The molecule has 0 aliphatic carbocycles. The van der Waals surface area contributed by atoms with Crippen LogP contribution in [0.3, 0.4) is 0 Å². The Bertz CT molecular complexity index is 478. The molecular weight excluding hydrogens is 361 g/mol. The minimum absolute atomic E-state index is 0.714. The molecule has 0 rings (SSSR count). The summed E-state index contributed by atoms with van der Waals surface area (Å²) in [5.41, 5.74) is -2.71. The third-order valence-corrected chi connectivity index (χ3v) is 2.44. The van der Waals surface area contributed by atoms with Crippen LogP contribution in [0.1, 0.15) is 6.92 Å². The molecule has 0 amide bonds. The molecule has 0 radical (unpaired) electrons. The van der Waals surface area contributed by atoms with Crippen LogP contribution in [-0.4, -0.2) is 42.4 Å². The molecule has 13 heteroatoms. The highest BCUT2D eigenvalue weighted by Crippen LogP contribution is 2.58. The highest BCUT2D eigenvalue weighted by atomic mass is 19.4. The Hall–Kier alpha value is -1.56. The molecule has 0 saturated heterocycles. The highest BCUT2D eigenvalue weighted by Gasteiger charge is 2.87. The predicted octanol–water partition coefficient (Wildman–Crippen LogP) is 4.21. The molecule has 23 heavy (non-hydrogen) atoms. The van der Waals surface area contributed by atoms with Crippen LogP contribution in [0.5, 0.6) is 0 Å². The molecule has 0 aromatic carbocycles. The summed E-state index contributed by atoms with van der Waals surface area (Å²) in [6.45, 7) is 2.27. The topological polar surface area (TPSA) is 26.3 Å². The fraction of sp³-hybridized carbons (Fsp3) is 0.700. The van der Waals surface area contributed by atoms with Crippen molar-refractivity contribution in [2.24, 2.45) is 0 Å². The molecule has 136 valence electrons. The normalized spacial score (nSPS) is 14.6. The first-order valence-corrected chi connectivity index (χ1v) is 5.34. The summed E-state index contributed by atoms with van der Waals surface area (Å²) >= 11 is 0. The van der Waals surface area contributed by atoms with Crippen molar-refractivity contribution in [3.8, 4) is 0 Å². The Kier molecular flexibility index (Phi) is 5.42. The molecule has 0 saturated carbocycles. The second kappa shape index (κ2) is 5.82. The van der Waals surface area contributed by atoms with Crippen molar-refractivity contribution >= 4 is 5.97 Å². The first-order chi connectivity index (χ1) is 9.89. The van der Waals surface area contributed by atoms with Crippen molar-refractivity contribution in [2.45, 2.75) is 36.8 Å². The summed E-state index contributed by atoms with van der Waals surface area (Å²) in [4.78, 5) is 10.8. The van der Waals surface area contributed by atoms with E-state index in [9.17, 15) is 53.1 Å². The maximum absolute atomic E-state index is 13.3. The van der Waals surface area contributed by atoms with Crippen molar-refractivity contribution in [2.75, 3.05) is 6.61 Å². The van der Waals surface area contributed by atoms with Gasteiger partial charge in [0.2, 0.25) is 0 Å². The molecule has 0 atom stereocenters. The van der Waals surface area contributed by atoms with Crippen molar-refractivity contribution in [1.29, 1.82) is 0 Å². The smallest absolute Gasteiger partial charge is 0.460 e. The summed E-state index contributed by atoms with van der Waals surface area (Å²) in [5.74, 6) is -31.2. The number of esters is 1. The van der Waals surface area contributed by atoms with E-state index in [4.69, 9.17) is 0 Å². The van der Waals surface area contributed by atoms with Crippen LogP contribution in [0.15, 0.2) is 12.2 Å². The lowest BCUT2D eigenvalue weighted by atomic mass is 9.94. The fourth-order valence-electron chi connectivity index (χ4n) is 1.11. The van der Waals surface area contributed by atoms with Gasteiger partial charge in [0.25, 0.3) is 0 Å². The number of halogens is 11.